The topological polar surface area (TPSA) is 134 Å². The second kappa shape index (κ2) is 18.6. The summed E-state index contributed by atoms with van der Waals surface area (Å²) in [6.45, 7) is 8.88. The molecule has 1 N–H and O–H groups in total. The molecule has 10 rings (SSSR count). The molecule has 1 aromatic heterocycles. The van der Waals surface area contributed by atoms with Gasteiger partial charge in [0.1, 0.15) is 5.82 Å². The number of carbonyl (C=O) groups excluding carboxylic acids is 4. The fourth-order valence-electron chi connectivity index (χ4n) is 12.3. The van der Waals surface area contributed by atoms with Gasteiger partial charge in [-0.1, -0.05) is 93.6 Å². The molecule has 4 heterocycles. The van der Waals surface area contributed by atoms with E-state index >= 15 is 0 Å². The summed E-state index contributed by atoms with van der Waals surface area (Å²) in [5.41, 5.74) is 13.9. The SMILES string of the molecule is COC(=O)C[C@H](C(=O)N1[C@@H](C)CC[C@H]1c1nc2ccc(-c3ccc(-c4ccc(C5=CN=C([C@@H]6C[C@H](C)CN6C(=O)[C@H](CC(=O)OC)c6ccccc6)C5)cc4)c4c3C3CCC4C3)cc2[nH]1)C(C)C. The van der Waals surface area contributed by atoms with Gasteiger partial charge in [0, 0.05) is 30.9 Å². The molecule has 68 heavy (non-hydrogen) atoms. The van der Waals surface area contributed by atoms with Crippen molar-refractivity contribution in [2.75, 3.05) is 20.8 Å². The molecule has 5 aromatic rings. The lowest BCUT2D eigenvalue weighted by atomic mass is 9.81. The number of nitrogens with one attached hydrogen (secondary N) is 1. The van der Waals surface area contributed by atoms with Gasteiger partial charge >= 0.3 is 11.9 Å². The van der Waals surface area contributed by atoms with Crippen molar-refractivity contribution < 1.29 is 28.7 Å². The fraction of sp³-hybridized carbons (Fsp3) is 0.439. The normalized spacial score (nSPS) is 23.8. The Morgan fingerprint density at radius 1 is 0.735 bits per heavy atom. The lowest BCUT2D eigenvalue weighted by molar-refractivity contribution is -0.149. The summed E-state index contributed by atoms with van der Waals surface area (Å²) >= 11 is 0. The van der Waals surface area contributed by atoms with Crippen LogP contribution in [0.2, 0.25) is 0 Å². The third-order valence-corrected chi connectivity index (χ3v) is 15.9. The number of amides is 2. The van der Waals surface area contributed by atoms with Crippen molar-refractivity contribution in [2.45, 2.75) is 121 Å². The van der Waals surface area contributed by atoms with Crippen LogP contribution in [-0.4, -0.2) is 82.1 Å². The van der Waals surface area contributed by atoms with Crippen LogP contribution in [0.3, 0.4) is 0 Å². The van der Waals surface area contributed by atoms with Crippen LogP contribution in [0, 0.1) is 17.8 Å². The smallest absolute Gasteiger partial charge is 0.306 e. The predicted octanol–water partition coefficient (Wildman–Crippen LogP) is 10.9. The number of allylic oxidation sites excluding steroid dienone is 1. The number of H-pyrrole nitrogens is 1. The standard InChI is InChI=1S/C57H63N5O6/c1-32(2)44(28-51(63)67-5)57(66)62-34(4)12-23-49(62)55-59-46-22-19-38(26-47(46)60-55)43-21-20-42(53-39-17-18-40(25-39)54(43)53)37-15-13-35(14-16-37)41-27-48(58-30-41)50-24-33(3)31-61(50)56(65)45(29-52(64)68-6)36-10-8-7-9-11-36/h7-11,13-16,19-22,26,30,32-34,39-40,44-45,49-50H,12,17-18,23-25,27-29,31H2,1-6H3,(H,59,60)/t33-,34-,39?,40?,44-,45+,49-,50-/m0/s1. The van der Waals surface area contributed by atoms with E-state index in [2.05, 4.69) is 73.4 Å². The van der Waals surface area contributed by atoms with Gasteiger partial charge in [-0.2, -0.15) is 0 Å². The molecular formula is C57H63N5O6. The highest BCUT2D eigenvalue weighted by Crippen LogP contribution is 2.58. The number of hydrogen-bond acceptors (Lipinski definition) is 8. The maximum atomic E-state index is 14.3. The number of methoxy groups -OCH3 is 2. The molecular weight excluding hydrogens is 851 g/mol. The van der Waals surface area contributed by atoms with Crippen LogP contribution in [0.15, 0.2) is 96.1 Å². The first-order valence-corrected chi connectivity index (χ1v) is 24.7. The summed E-state index contributed by atoms with van der Waals surface area (Å²) in [6.07, 6.45) is 8.85. The van der Waals surface area contributed by atoms with Crippen molar-refractivity contribution in [1.82, 2.24) is 19.8 Å². The first-order valence-electron chi connectivity index (χ1n) is 24.7. The number of esters is 2. The molecule has 2 saturated heterocycles. The van der Waals surface area contributed by atoms with Gasteiger partial charge in [-0.15, -0.1) is 0 Å². The van der Waals surface area contributed by atoms with Gasteiger partial charge in [0.15, 0.2) is 0 Å². The van der Waals surface area contributed by atoms with E-state index in [1.165, 1.54) is 66.9 Å². The van der Waals surface area contributed by atoms with E-state index in [9.17, 15) is 19.2 Å². The first-order chi connectivity index (χ1) is 32.9. The molecule has 11 heteroatoms. The number of carbonyl (C=O) groups is 4. The summed E-state index contributed by atoms with van der Waals surface area (Å²) < 4.78 is 9.98. The summed E-state index contributed by atoms with van der Waals surface area (Å²) in [7, 11) is 2.74. The number of benzene rings is 4. The monoisotopic (exact) mass is 913 g/mol. The molecule has 8 atom stereocenters. The highest BCUT2D eigenvalue weighted by molar-refractivity contribution is 6.04. The molecule has 0 spiro atoms. The minimum atomic E-state index is -0.611. The van der Waals surface area contributed by atoms with Crippen molar-refractivity contribution in [3.8, 4) is 22.3 Å². The van der Waals surface area contributed by atoms with Crippen LogP contribution in [0.4, 0.5) is 0 Å². The number of aromatic nitrogens is 2. The molecule has 2 amide bonds. The van der Waals surface area contributed by atoms with Gasteiger partial charge in [-0.05, 0) is 131 Å². The highest BCUT2D eigenvalue weighted by Gasteiger charge is 2.44. The van der Waals surface area contributed by atoms with Crippen LogP contribution < -0.4 is 0 Å². The number of nitrogens with zero attached hydrogens (tertiary/aromatic N) is 4. The fourth-order valence-corrected chi connectivity index (χ4v) is 12.3. The van der Waals surface area contributed by atoms with E-state index < -0.39 is 17.8 Å². The van der Waals surface area contributed by atoms with Gasteiger partial charge in [0.05, 0.1) is 62.0 Å². The number of rotatable bonds is 13. The van der Waals surface area contributed by atoms with E-state index in [4.69, 9.17) is 19.5 Å². The van der Waals surface area contributed by atoms with Gasteiger partial charge in [0.2, 0.25) is 11.8 Å². The Morgan fingerprint density at radius 3 is 2.09 bits per heavy atom. The van der Waals surface area contributed by atoms with E-state index in [0.717, 1.165) is 58.5 Å². The molecule has 2 bridgehead atoms. The van der Waals surface area contributed by atoms with Gasteiger partial charge in [-0.25, -0.2) is 4.98 Å². The van der Waals surface area contributed by atoms with E-state index in [1.54, 1.807) is 0 Å². The van der Waals surface area contributed by atoms with Crippen LogP contribution in [0.1, 0.15) is 137 Å². The summed E-state index contributed by atoms with van der Waals surface area (Å²) in [5, 5.41) is 0. The Labute approximate surface area is 399 Å². The molecule has 0 radical (unpaired) electrons. The quantitative estimate of drug-likeness (QED) is 0.116. The number of ether oxygens (including phenoxy) is 2. The zero-order chi connectivity index (χ0) is 47.4. The summed E-state index contributed by atoms with van der Waals surface area (Å²) in [6, 6.07) is 29.4. The average Bonchev–Trinajstić information content (AvgIpc) is 4.23. The zero-order valence-corrected chi connectivity index (χ0v) is 40.2. The second-order valence-corrected chi connectivity index (χ2v) is 20.5. The Balaban J connectivity index is 0.868. The average molecular weight is 914 g/mol. The van der Waals surface area contributed by atoms with Crippen LogP contribution in [-0.2, 0) is 28.7 Å². The van der Waals surface area contributed by atoms with Crippen molar-refractivity contribution in [3.05, 3.63) is 119 Å². The molecule has 4 aromatic carbocycles. The first kappa shape index (κ1) is 45.4. The van der Waals surface area contributed by atoms with Gasteiger partial charge in [-0.3, -0.25) is 24.2 Å². The van der Waals surface area contributed by atoms with E-state index in [0.29, 0.717) is 30.7 Å². The Kier molecular flexibility index (Phi) is 12.4. The van der Waals surface area contributed by atoms with Gasteiger partial charge in [0.25, 0.3) is 0 Å². The molecule has 3 fully saturated rings. The molecule has 3 aliphatic heterocycles. The highest BCUT2D eigenvalue weighted by atomic mass is 16.5. The lowest BCUT2D eigenvalue weighted by Gasteiger charge is -2.32. The molecule has 5 aliphatic rings. The van der Waals surface area contributed by atoms with E-state index in [-0.39, 0.29) is 54.7 Å². The molecule has 1 saturated carbocycles. The van der Waals surface area contributed by atoms with Crippen LogP contribution in [0.25, 0.3) is 38.9 Å². The Hall–Kier alpha value is -6.36. The molecule has 352 valence electrons. The third-order valence-electron chi connectivity index (χ3n) is 15.9. The number of likely N-dealkylation sites (tertiary alicyclic amines) is 2. The lowest BCUT2D eigenvalue weighted by Crippen LogP contribution is -2.43. The largest absolute Gasteiger partial charge is 0.469 e. The Morgan fingerprint density at radius 2 is 1.40 bits per heavy atom. The maximum Gasteiger partial charge on any atom is 0.306 e. The Bertz CT molecular complexity index is 2830. The molecule has 2 unspecified atom stereocenters. The third kappa shape index (κ3) is 8.36. The summed E-state index contributed by atoms with van der Waals surface area (Å²) in [4.78, 5) is 70.8. The number of fused-ring (bicyclic) bond motifs is 6. The number of imidazole rings is 1. The predicted molar refractivity (Wildman–Crippen MR) is 265 cm³/mol. The number of aromatic amines is 1. The van der Waals surface area contributed by atoms with Crippen molar-refractivity contribution >= 4 is 46.1 Å². The zero-order valence-electron chi connectivity index (χ0n) is 40.2. The maximum absolute atomic E-state index is 14.3. The number of aliphatic imine (C=N–C) groups is 1. The van der Waals surface area contributed by atoms with Crippen LogP contribution in [0.5, 0.6) is 0 Å². The van der Waals surface area contributed by atoms with Crippen molar-refractivity contribution in [2.24, 2.45) is 22.7 Å². The van der Waals surface area contributed by atoms with Crippen molar-refractivity contribution in [1.29, 1.82) is 0 Å². The second-order valence-electron chi connectivity index (χ2n) is 20.5. The van der Waals surface area contributed by atoms with Crippen LogP contribution >= 0.6 is 0 Å². The number of hydrogen-bond donors (Lipinski definition) is 1. The molecule has 11 nitrogen and oxygen atoms in total. The van der Waals surface area contributed by atoms with Gasteiger partial charge < -0.3 is 24.3 Å². The minimum Gasteiger partial charge on any atom is -0.469 e. The summed E-state index contributed by atoms with van der Waals surface area (Å²) in [5.74, 6) is 0.288. The van der Waals surface area contributed by atoms with E-state index in [1.807, 2.05) is 60.2 Å². The van der Waals surface area contributed by atoms with Crippen molar-refractivity contribution in [3.63, 3.8) is 0 Å². The minimum absolute atomic E-state index is 0.000681. The molecule has 2 aliphatic carbocycles.